The lowest BCUT2D eigenvalue weighted by Crippen LogP contribution is -2.36. The summed E-state index contributed by atoms with van der Waals surface area (Å²) in [6.07, 6.45) is 5.97. The lowest BCUT2D eigenvalue weighted by Gasteiger charge is -2.29. The van der Waals surface area contributed by atoms with Crippen molar-refractivity contribution in [2.24, 2.45) is 5.92 Å². The second-order valence-corrected chi connectivity index (χ2v) is 8.32. The van der Waals surface area contributed by atoms with Gasteiger partial charge in [-0.25, -0.2) is 4.98 Å². The van der Waals surface area contributed by atoms with Crippen molar-refractivity contribution in [3.05, 3.63) is 29.6 Å². The molecule has 26 heavy (non-hydrogen) atoms. The van der Waals surface area contributed by atoms with E-state index in [-0.39, 0.29) is 5.91 Å². The Morgan fingerprint density at radius 2 is 2.04 bits per heavy atom. The second-order valence-electron chi connectivity index (χ2n) is 8.32. The van der Waals surface area contributed by atoms with Gasteiger partial charge in [-0.15, -0.1) is 0 Å². The van der Waals surface area contributed by atoms with E-state index in [4.69, 9.17) is 4.98 Å². The molecule has 0 unspecified atom stereocenters. The Labute approximate surface area is 155 Å². The van der Waals surface area contributed by atoms with Gasteiger partial charge in [0.1, 0.15) is 5.82 Å². The molecule has 2 aliphatic rings. The molecule has 2 aromatic rings. The Morgan fingerprint density at radius 3 is 2.81 bits per heavy atom. The van der Waals surface area contributed by atoms with E-state index < -0.39 is 0 Å². The predicted molar refractivity (Wildman–Crippen MR) is 104 cm³/mol. The first-order chi connectivity index (χ1) is 12.6. The number of fused-ring (bicyclic) bond motifs is 3. The highest BCUT2D eigenvalue weighted by Crippen LogP contribution is 2.23. The number of nitrogens with one attached hydrogen (secondary N) is 1. The van der Waals surface area contributed by atoms with Gasteiger partial charge in [0, 0.05) is 31.2 Å². The monoisotopic (exact) mass is 354 g/mol. The number of hydrogen-bond donors (Lipinski definition) is 1. The van der Waals surface area contributed by atoms with Gasteiger partial charge >= 0.3 is 0 Å². The maximum Gasteiger partial charge on any atom is 0.251 e. The highest BCUT2D eigenvalue weighted by molar-refractivity contribution is 5.97. The molecule has 140 valence electrons. The number of benzene rings is 1. The van der Waals surface area contributed by atoms with Crippen LogP contribution in [0.5, 0.6) is 0 Å². The fourth-order valence-electron chi connectivity index (χ4n) is 4.40. The molecule has 2 heterocycles. The number of nitrogens with zero attached hydrogens (tertiary/aromatic N) is 3. The zero-order chi connectivity index (χ0) is 18.1. The quantitative estimate of drug-likeness (QED) is 0.913. The Balaban J connectivity index is 1.52. The SMILES string of the molecule is CC(C)CN1CCn2c(nc3cc(C(=O)NC4CCCCC4)ccc32)C1. The number of aromatic nitrogens is 2. The third kappa shape index (κ3) is 3.63. The minimum absolute atomic E-state index is 0.0474. The number of carbonyl (C=O) groups excluding carboxylic acids is 1. The van der Waals surface area contributed by atoms with Crippen molar-refractivity contribution in [2.75, 3.05) is 13.1 Å². The predicted octanol–water partition coefficient (Wildman–Crippen LogP) is 3.57. The van der Waals surface area contributed by atoms with Crippen molar-refractivity contribution in [3.8, 4) is 0 Å². The molecule has 1 N–H and O–H groups in total. The Morgan fingerprint density at radius 1 is 1.23 bits per heavy atom. The largest absolute Gasteiger partial charge is 0.349 e. The van der Waals surface area contributed by atoms with Crippen LogP contribution in [-0.2, 0) is 13.1 Å². The first kappa shape index (κ1) is 17.5. The second kappa shape index (κ2) is 7.39. The molecule has 0 saturated heterocycles. The summed E-state index contributed by atoms with van der Waals surface area (Å²) in [6, 6.07) is 6.33. The molecule has 5 nitrogen and oxygen atoms in total. The molecule has 1 aliphatic heterocycles. The number of amides is 1. The van der Waals surface area contributed by atoms with Gasteiger partial charge in [0.2, 0.25) is 0 Å². The summed E-state index contributed by atoms with van der Waals surface area (Å²) in [5, 5.41) is 3.21. The third-order valence-electron chi connectivity index (χ3n) is 5.66. The average molecular weight is 354 g/mol. The summed E-state index contributed by atoms with van der Waals surface area (Å²) < 4.78 is 2.31. The summed E-state index contributed by atoms with van der Waals surface area (Å²) in [4.78, 5) is 19.9. The molecule has 1 fully saturated rings. The summed E-state index contributed by atoms with van der Waals surface area (Å²) >= 11 is 0. The van der Waals surface area contributed by atoms with Crippen LogP contribution in [0.3, 0.4) is 0 Å². The molecule has 0 radical (unpaired) electrons. The van der Waals surface area contributed by atoms with Crippen molar-refractivity contribution in [3.63, 3.8) is 0 Å². The van der Waals surface area contributed by atoms with Gasteiger partial charge in [-0.05, 0) is 37.0 Å². The molecule has 0 atom stereocenters. The molecular weight excluding hydrogens is 324 g/mol. The maximum atomic E-state index is 12.6. The average Bonchev–Trinajstić information content (AvgIpc) is 2.98. The molecule has 0 spiro atoms. The van der Waals surface area contributed by atoms with E-state index in [1.54, 1.807) is 0 Å². The van der Waals surface area contributed by atoms with Crippen LogP contribution in [0.4, 0.5) is 0 Å². The van der Waals surface area contributed by atoms with E-state index in [0.29, 0.717) is 12.0 Å². The minimum Gasteiger partial charge on any atom is -0.349 e. The highest BCUT2D eigenvalue weighted by Gasteiger charge is 2.22. The fourth-order valence-corrected chi connectivity index (χ4v) is 4.40. The van der Waals surface area contributed by atoms with Crippen LogP contribution < -0.4 is 5.32 Å². The van der Waals surface area contributed by atoms with Gasteiger partial charge in [-0.1, -0.05) is 33.1 Å². The van der Waals surface area contributed by atoms with E-state index in [2.05, 4.69) is 34.7 Å². The van der Waals surface area contributed by atoms with Crippen molar-refractivity contribution in [2.45, 2.75) is 65.1 Å². The van der Waals surface area contributed by atoms with Crippen molar-refractivity contribution in [1.29, 1.82) is 0 Å². The number of rotatable bonds is 4. The van der Waals surface area contributed by atoms with E-state index in [1.807, 2.05) is 12.1 Å². The standard InChI is InChI=1S/C21H30N4O/c1-15(2)13-24-10-11-25-19-9-8-16(12-18(19)23-20(25)14-24)21(26)22-17-6-4-3-5-7-17/h8-9,12,15,17H,3-7,10-11,13-14H2,1-2H3,(H,22,26). The molecule has 5 heteroatoms. The van der Waals surface area contributed by atoms with Crippen LogP contribution >= 0.6 is 0 Å². The van der Waals surface area contributed by atoms with Crippen molar-refractivity contribution >= 4 is 16.9 Å². The van der Waals surface area contributed by atoms with Crippen molar-refractivity contribution in [1.82, 2.24) is 19.8 Å². The lowest BCUT2D eigenvalue weighted by atomic mass is 9.95. The number of imidazole rings is 1. The van der Waals surface area contributed by atoms with E-state index in [9.17, 15) is 4.79 Å². The first-order valence-electron chi connectivity index (χ1n) is 10.1. The Bertz CT molecular complexity index is 789. The first-order valence-corrected chi connectivity index (χ1v) is 10.1. The molecule has 0 bridgehead atoms. The normalized spacial score (nSPS) is 19.0. The Hall–Kier alpha value is -1.88. The summed E-state index contributed by atoms with van der Waals surface area (Å²) in [5.41, 5.74) is 2.83. The molecule has 1 saturated carbocycles. The van der Waals surface area contributed by atoms with Gasteiger partial charge < -0.3 is 9.88 Å². The van der Waals surface area contributed by atoms with Crippen LogP contribution in [0, 0.1) is 5.92 Å². The Kier molecular flexibility index (Phi) is 4.98. The zero-order valence-corrected chi connectivity index (χ0v) is 16.0. The molecule has 1 aromatic carbocycles. The van der Waals surface area contributed by atoms with Crippen LogP contribution in [0.1, 0.15) is 62.1 Å². The van der Waals surface area contributed by atoms with Crippen molar-refractivity contribution < 1.29 is 4.79 Å². The van der Waals surface area contributed by atoms with Crippen LogP contribution in [0.2, 0.25) is 0 Å². The van der Waals surface area contributed by atoms with E-state index in [1.165, 1.54) is 19.3 Å². The minimum atomic E-state index is 0.0474. The molecule has 1 aromatic heterocycles. The van der Waals surface area contributed by atoms with E-state index in [0.717, 1.165) is 61.4 Å². The topological polar surface area (TPSA) is 50.2 Å². The zero-order valence-electron chi connectivity index (χ0n) is 16.0. The summed E-state index contributed by atoms with van der Waals surface area (Å²) in [5.74, 6) is 1.84. The molecule has 1 amide bonds. The smallest absolute Gasteiger partial charge is 0.251 e. The van der Waals surface area contributed by atoms with Gasteiger partial charge in [0.15, 0.2) is 0 Å². The summed E-state index contributed by atoms with van der Waals surface area (Å²) in [6.45, 7) is 8.57. The van der Waals surface area contributed by atoms with Crippen LogP contribution in [0.25, 0.3) is 11.0 Å². The number of carbonyl (C=O) groups is 1. The maximum absolute atomic E-state index is 12.6. The fraction of sp³-hybridized carbons (Fsp3) is 0.619. The highest BCUT2D eigenvalue weighted by atomic mass is 16.1. The van der Waals surface area contributed by atoms with Crippen LogP contribution in [-0.4, -0.2) is 39.5 Å². The molecule has 1 aliphatic carbocycles. The van der Waals surface area contributed by atoms with E-state index >= 15 is 0 Å². The van der Waals surface area contributed by atoms with Gasteiger partial charge in [0.25, 0.3) is 5.91 Å². The number of hydrogen-bond acceptors (Lipinski definition) is 3. The van der Waals surface area contributed by atoms with Gasteiger partial charge in [0.05, 0.1) is 17.6 Å². The molecular formula is C21H30N4O. The lowest BCUT2D eigenvalue weighted by molar-refractivity contribution is 0.0928. The van der Waals surface area contributed by atoms with Crippen LogP contribution in [0.15, 0.2) is 18.2 Å². The summed E-state index contributed by atoms with van der Waals surface area (Å²) in [7, 11) is 0. The molecule has 4 rings (SSSR count). The van der Waals surface area contributed by atoms with Gasteiger partial charge in [-0.3, -0.25) is 9.69 Å². The van der Waals surface area contributed by atoms with Gasteiger partial charge in [-0.2, -0.15) is 0 Å². The third-order valence-corrected chi connectivity index (χ3v) is 5.66.